The van der Waals surface area contributed by atoms with E-state index >= 15 is 0 Å². The average Bonchev–Trinajstić information content (AvgIpc) is 3.00. The summed E-state index contributed by atoms with van der Waals surface area (Å²) < 4.78 is 11.8. The van der Waals surface area contributed by atoms with Crippen LogP contribution in [0.15, 0.2) is 56.8 Å². The molecule has 0 saturated carbocycles. The summed E-state index contributed by atoms with van der Waals surface area (Å²) in [7, 11) is 1.54. The van der Waals surface area contributed by atoms with Crippen molar-refractivity contribution >= 4 is 50.5 Å². The van der Waals surface area contributed by atoms with Gasteiger partial charge in [-0.3, -0.25) is 4.79 Å². The Labute approximate surface area is 170 Å². The largest absolute Gasteiger partial charge is 0.493 e. The predicted molar refractivity (Wildman–Crippen MR) is 112 cm³/mol. The Kier molecular flexibility index (Phi) is 6.22. The molecule has 1 N–H and O–H groups in total. The lowest BCUT2D eigenvalue weighted by molar-refractivity contribution is -0.115. The van der Waals surface area contributed by atoms with Crippen LogP contribution in [0.4, 0.5) is 5.69 Å². The van der Waals surface area contributed by atoms with Crippen LogP contribution in [0.5, 0.6) is 11.5 Å². The molecule has 7 heteroatoms. The number of carbonyl (C=O) groups excluding carboxylic acids is 1. The van der Waals surface area contributed by atoms with E-state index in [4.69, 9.17) is 15.9 Å². The molecule has 0 unspecified atom stereocenters. The number of carbonyl (C=O) groups is 1. The van der Waals surface area contributed by atoms with E-state index in [1.54, 1.807) is 19.3 Å². The van der Waals surface area contributed by atoms with Crippen LogP contribution in [0.2, 0.25) is 0 Å². The van der Waals surface area contributed by atoms with E-state index in [9.17, 15) is 4.79 Å². The van der Waals surface area contributed by atoms with Gasteiger partial charge in [-0.15, -0.1) is 6.42 Å². The van der Waals surface area contributed by atoms with Crippen molar-refractivity contribution in [2.75, 3.05) is 13.7 Å². The molecule has 0 spiro atoms. The molecule has 2 aromatic rings. The summed E-state index contributed by atoms with van der Waals surface area (Å²) in [5, 5.41) is 3.29. The van der Waals surface area contributed by atoms with Crippen molar-refractivity contribution in [1.29, 1.82) is 0 Å². The van der Waals surface area contributed by atoms with E-state index in [-0.39, 0.29) is 12.5 Å². The van der Waals surface area contributed by atoms with E-state index in [0.29, 0.717) is 27.1 Å². The van der Waals surface area contributed by atoms with Crippen molar-refractivity contribution in [3.8, 4) is 23.8 Å². The van der Waals surface area contributed by atoms with Crippen molar-refractivity contribution in [3.05, 3.63) is 57.4 Å². The number of nitrogens with zero attached hydrogens (tertiary/aromatic N) is 1. The van der Waals surface area contributed by atoms with Crippen LogP contribution in [0, 0.1) is 12.3 Å². The smallest absolute Gasteiger partial charge is 0.264 e. The number of halogens is 1. The van der Waals surface area contributed by atoms with Gasteiger partial charge in [0.15, 0.2) is 16.7 Å². The highest BCUT2D eigenvalue weighted by molar-refractivity contribution is 9.10. The molecule has 0 bridgehead atoms. The van der Waals surface area contributed by atoms with Gasteiger partial charge in [-0.25, -0.2) is 4.99 Å². The summed E-state index contributed by atoms with van der Waals surface area (Å²) in [6, 6.07) is 13.0. The lowest BCUT2D eigenvalue weighted by Gasteiger charge is -2.12. The molecular formula is C20H15BrN2O3S. The Morgan fingerprint density at radius 1 is 1.33 bits per heavy atom. The fourth-order valence-corrected chi connectivity index (χ4v) is 3.64. The summed E-state index contributed by atoms with van der Waals surface area (Å²) in [4.78, 5) is 17.3. The van der Waals surface area contributed by atoms with Crippen LogP contribution in [0.1, 0.15) is 5.56 Å². The maximum atomic E-state index is 12.3. The van der Waals surface area contributed by atoms with Gasteiger partial charge < -0.3 is 14.8 Å². The van der Waals surface area contributed by atoms with Gasteiger partial charge in [0.05, 0.1) is 17.7 Å². The number of amides is 1. The minimum Gasteiger partial charge on any atom is -0.493 e. The van der Waals surface area contributed by atoms with Gasteiger partial charge in [-0.1, -0.05) is 40.0 Å². The summed E-state index contributed by atoms with van der Waals surface area (Å²) in [6.45, 7) is 0.0915. The molecule has 136 valence electrons. The summed E-state index contributed by atoms with van der Waals surface area (Å²) in [6.07, 6.45) is 7.03. The van der Waals surface area contributed by atoms with E-state index in [2.05, 4.69) is 32.2 Å². The summed E-state index contributed by atoms with van der Waals surface area (Å²) >= 11 is 4.70. The first-order valence-corrected chi connectivity index (χ1v) is 9.50. The van der Waals surface area contributed by atoms with Crippen LogP contribution in [0.25, 0.3) is 6.08 Å². The number of amidine groups is 1. The zero-order chi connectivity index (χ0) is 19.2. The molecule has 0 aromatic heterocycles. The molecule has 5 nitrogen and oxygen atoms in total. The molecule has 1 fully saturated rings. The van der Waals surface area contributed by atoms with Crippen LogP contribution < -0.4 is 14.8 Å². The van der Waals surface area contributed by atoms with Gasteiger partial charge in [0.1, 0.15) is 6.61 Å². The van der Waals surface area contributed by atoms with Crippen LogP contribution in [-0.4, -0.2) is 24.8 Å². The number of rotatable bonds is 5. The first-order valence-electron chi connectivity index (χ1n) is 7.89. The van der Waals surface area contributed by atoms with E-state index in [1.165, 1.54) is 11.8 Å². The Hall–Kier alpha value is -2.69. The third-order valence-corrected chi connectivity index (χ3v) is 4.86. The maximum absolute atomic E-state index is 12.3. The van der Waals surface area contributed by atoms with Gasteiger partial charge in [-0.05, 0) is 42.1 Å². The van der Waals surface area contributed by atoms with Gasteiger partial charge in [0.2, 0.25) is 0 Å². The normalized spacial score (nSPS) is 16.3. The Morgan fingerprint density at radius 2 is 2.11 bits per heavy atom. The molecule has 0 aliphatic carbocycles. The number of methoxy groups -OCH3 is 1. The highest BCUT2D eigenvalue weighted by atomic mass is 79.9. The van der Waals surface area contributed by atoms with Crippen molar-refractivity contribution in [3.63, 3.8) is 0 Å². The number of para-hydroxylation sites is 1. The number of hydrogen-bond acceptors (Lipinski definition) is 5. The van der Waals surface area contributed by atoms with Crippen molar-refractivity contribution in [2.24, 2.45) is 4.99 Å². The van der Waals surface area contributed by atoms with E-state index < -0.39 is 0 Å². The van der Waals surface area contributed by atoms with Gasteiger partial charge >= 0.3 is 0 Å². The zero-order valence-electron chi connectivity index (χ0n) is 14.4. The highest BCUT2D eigenvalue weighted by Crippen LogP contribution is 2.38. The Bertz CT molecular complexity index is 965. The minimum absolute atomic E-state index is 0.0915. The van der Waals surface area contributed by atoms with Crippen LogP contribution >= 0.6 is 27.7 Å². The highest BCUT2D eigenvalue weighted by Gasteiger charge is 2.25. The molecule has 1 amide bonds. The molecule has 27 heavy (non-hydrogen) atoms. The lowest BCUT2D eigenvalue weighted by Crippen LogP contribution is -2.19. The quantitative estimate of drug-likeness (QED) is 0.551. The standard InChI is InChI=1S/C20H15BrN2O3S/c1-3-9-26-18-13(10-14(21)12-16(18)25-2)11-17-19(24)23-20(27-17)22-15-7-5-4-6-8-15/h1,4-8,10-12H,9H2,2H3,(H,22,23,24). The Balaban J connectivity index is 1.94. The number of nitrogens with one attached hydrogen (secondary N) is 1. The fraction of sp³-hybridized carbons (Fsp3) is 0.100. The average molecular weight is 443 g/mol. The van der Waals surface area contributed by atoms with Crippen LogP contribution in [0.3, 0.4) is 0 Å². The summed E-state index contributed by atoms with van der Waals surface area (Å²) in [5.74, 6) is 3.21. The molecule has 1 aliphatic rings. The molecule has 2 aromatic carbocycles. The molecule has 1 aliphatic heterocycles. The number of terminal acetylenes is 1. The molecule has 1 heterocycles. The number of benzene rings is 2. The molecule has 1 saturated heterocycles. The molecular weight excluding hydrogens is 428 g/mol. The topological polar surface area (TPSA) is 59.9 Å². The first kappa shape index (κ1) is 19.1. The molecule has 0 atom stereocenters. The number of ether oxygens (including phenoxy) is 2. The Morgan fingerprint density at radius 3 is 2.81 bits per heavy atom. The van der Waals surface area contributed by atoms with Crippen LogP contribution in [-0.2, 0) is 4.79 Å². The van der Waals surface area contributed by atoms with Gasteiger partial charge in [-0.2, -0.15) is 0 Å². The number of aliphatic imine (C=N–C) groups is 1. The SMILES string of the molecule is C#CCOc1c(C=C2SC(=Nc3ccccc3)NC2=O)cc(Br)cc1OC. The fourth-order valence-electron chi connectivity index (χ4n) is 2.36. The predicted octanol–water partition coefficient (Wildman–Crippen LogP) is 4.36. The monoisotopic (exact) mass is 442 g/mol. The second-order valence-electron chi connectivity index (χ2n) is 5.34. The van der Waals surface area contributed by atoms with Crippen molar-refractivity contribution < 1.29 is 14.3 Å². The molecule has 3 rings (SSSR count). The van der Waals surface area contributed by atoms with Gasteiger partial charge in [0, 0.05) is 10.0 Å². The second kappa shape index (κ2) is 8.80. The van der Waals surface area contributed by atoms with Crippen molar-refractivity contribution in [1.82, 2.24) is 5.32 Å². The molecule has 0 radical (unpaired) electrons. The number of thioether (sulfide) groups is 1. The second-order valence-corrected chi connectivity index (χ2v) is 7.28. The summed E-state index contributed by atoms with van der Waals surface area (Å²) in [5.41, 5.74) is 1.44. The van der Waals surface area contributed by atoms with Gasteiger partial charge in [0.25, 0.3) is 5.91 Å². The van der Waals surface area contributed by atoms with E-state index in [0.717, 1.165) is 10.2 Å². The lowest BCUT2D eigenvalue weighted by atomic mass is 10.1. The zero-order valence-corrected chi connectivity index (χ0v) is 16.8. The number of hydrogen-bond donors (Lipinski definition) is 1. The van der Waals surface area contributed by atoms with Crippen molar-refractivity contribution in [2.45, 2.75) is 0 Å². The minimum atomic E-state index is -0.225. The van der Waals surface area contributed by atoms with E-state index in [1.807, 2.05) is 36.4 Å². The third kappa shape index (κ3) is 4.73. The third-order valence-electron chi connectivity index (χ3n) is 3.49. The maximum Gasteiger partial charge on any atom is 0.264 e. The first-order chi connectivity index (χ1) is 13.1.